The van der Waals surface area contributed by atoms with Gasteiger partial charge in [0.15, 0.2) is 0 Å². The standard InChI is InChI=1S/C23H19NO/c1-25-20-12-13-22-21(16-20)19(14-17-8-4-2-5-9-17)15-23(24-22)18-10-6-3-7-11-18/h2-13,15-16H,14H2,1H3. The molecule has 3 aromatic carbocycles. The first-order valence-electron chi connectivity index (χ1n) is 8.40. The molecule has 1 aromatic heterocycles. The van der Waals surface area contributed by atoms with Crippen LogP contribution in [0, 0.1) is 0 Å². The Morgan fingerprint density at radius 3 is 2.24 bits per heavy atom. The molecule has 4 rings (SSSR count). The van der Waals surface area contributed by atoms with Crippen molar-refractivity contribution in [1.29, 1.82) is 0 Å². The van der Waals surface area contributed by atoms with E-state index in [9.17, 15) is 0 Å². The first-order valence-corrected chi connectivity index (χ1v) is 8.40. The Morgan fingerprint density at radius 2 is 1.52 bits per heavy atom. The van der Waals surface area contributed by atoms with Gasteiger partial charge in [0, 0.05) is 10.9 Å². The van der Waals surface area contributed by atoms with Crippen molar-refractivity contribution in [1.82, 2.24) is 4.98 Å². The Hall–Kier alpha value is -3.13. The molecule has 122 valence electrons. The summed E-state index contributed by atoms with van der Waals surface area (Å²) in [5.41, 5.74) is 5.68. The van der Waals surface area contributed by atoms with Crippen LogP contribution in [0.5, 0.6) is 5.75 Å². The number of hydrogen-bond donors (Lipinski definition) is 0. The average molecular weight is 325 g/mol. The Labute approximate surface area is 147 Å². The number of rotatable bonds is 4. The van der Waals surface area contributed by atoms with Crippen LogP contribution >= 0.6 is 0 Å². The molecule has 0 atom stereocenters. The number of ether oxygens (including phenoxy) is 1. The molecule has 0 bridgehead atoms. The lowest BCUT2D eigenvalue weighted by atomic mass is 9.98. The summed E-state index contributed by atoms with van der Waals surface area (Å²) in [6, 6.07) is 29.1. The van der Waals surface area contributed by atoms with E-state index < -0.39 is 0 Å². The van der Waals surface area contributed by atoms with Crippen LogP contribution in [-0.4, -0.2) is 12.1 Å². The lowest BCUT2D eigenvalue weighted by molar-refractivity contribution is 0.415. The fraction of sp³-hybridized carbons (Fsp3) is 0.0870. The van der Waals surface area contributed by atoms with E-state index in [1.54, 1.807) is 7.11 Å². The minimum absolute atomic E-state index is 0.857. The van der Waals surface area contributed by atoms with E-state index in [0.717, 1.165) is 34.3 Å². The third-order valence-electron chi connectivity index (χ3n) is 4.41. The summed E-state index contributed by atoms with van der Waals surface area (Å²) in [5.74, 6) is 0.857. The third kappa shape index (κ3) is 3.24. The summed E-state index contributed by atoms with van der Waals surface area (Å²) in [4.78, 5) is 4.87. The highest BCUT2D eigenvalue weighted by Crippen LogP contribution is 2.29. The van der Waals surface area contributed by atoms with Crippen molar-refractivity contribution in [3.63, 3.8) is 0 Å². The molecule has 0 saturated carbocycles. The molecule has 25 heavy (non-hydrogen) atoms. The highest BCUT2D eigenvalue weighted by molar-refractivity contribution is 5.86. The Balaban J connectivity index is 1.89. The normalized spacial score (nSPS) is 10.8. The molecule has 4 aromatic rings. The van der Waals surface area contributed by atoms with Gasteiger partial charge in [0.2, 0.25) is 0 Å². The van der Waals surface area contributed by atoms with Gasteiger partial charge in [-0.15, -0.1) is 0 Å². The number of methoxy groups -OCH3 is 1. The maximum absolute atomic E-state index is 5.41. The predicted octanol–water partition coefficient (Wildman–Crippen LogP) is 5.50. The van der Waals surface area contributed by atoms with Gasteiger partial charge in [-0.2, -0.15) is 0 Å². The highest BCUT2D eigenvalue weighted by Gasteiger charge is 2.09. The number of aromatic nitrogens is 1. The Bertz CT molecular complexity index is 994. The zero-order chi connectivity index (χ0) is 17.1. The fourth-order valence-electron chi connectivity index (χ4n) is 3.12. The van der Waals surface area contributed by atoms with Gasteiger partial charge in [0.1, 0.15) is 5.75 Å². The largest absolute Gasteiger partial charge is 0.497 e. The summed E-state index contributed by atoms with van der Waals surface area (Å²) in [7, 11) is 1.70. The van der Waals surface area contributed by atoms with Crippen molar-refractivity contribution in [2.75, 3.05) is 7.11 Å². The van der Waals surface area contributed by atoms with E-state index in [1.165, 1.54) is 11.1 Å². The third-order valence-corrected chi connectivity index (χ3v) is 4.41. The van der Waals surface area contributed by atoms with E-state index in [2.05, 4.69) is 48.5 Å². The summed E-state index contributed by atoms with van der Waals surface area (Å²) in [6.07, 6.45) is 0.868. The van der Waals surface area contributed by atoms with Crippen LogP contribution in [0.4, 0.5) is 0 Å². The van der Waals surface area contributed by atoms with E-state index in [0.29, 0.717) is 0 Å². The molecular formula is C23H19NO. The van der Waals surface area contributed by atoms with Gasteiger partial charge in [-0.3, -0.25) is 0 Å². The molecule has 2 nitrogen and oxygen atoms in total. The molecule has 0 N–H and O–H groups in total. The molecule has 0 spiro atoms. The quantitative estimate of drug-likeness (QED) is 0.494. The van der Waals surface area contributed by atoms with Crippen LogP contribution in [0.1, 0.15) is 11.1 Å². The van der Waals surface area contributed by atoms with E-state index in [1.807, 2.05) is 36.4 Å². The maximum Gasteiger partial charge on any atom is 0.119 e. The van der Waals surface area contributed by atoms with Crippen LogP contribution < -0.4 is 4.74 Å². The molecule has 0 aliphatic rings. The van der Waals surface area contributed by atoms with Crippen molar-refractivity contribution < 1.29 is 4.74 Å². The molecule has 0 unspecified atom stereocenters. The number of nitrogens with zero attached hydrogens (tertiary/aromatic N) is 1. The van der Waals surface area contributed by atoms with Gasteiger partial charge in [-0.05, 0) is 41.8 Å². The summed E-state index contributed by atoms with van der Waals surface area (Å²) in [5, 5.41) is 1.14. The molecule has 0 amide bonds. The van der Waals surface area contributed by atoms with Gasteiger partial charge in [-0.25, -0.2) is 4.98 Å². The molecule has 2 heteroatoms. The van der Waals surface area contributed by atoms with E-state index in [-0.39, 0.29) is 0 Å². The second-order valence-corrected chi connectivity index (χ2v) is 6.08. The van der Waals surface area contributed by atoms with Gasteiger partial charge in [-0.1, -0.05) is 60.7 Å². The van der Waals surface area contributed by atoms with Crippen LogP contribution in [0.25, 0.3) is 22.2 Å². The number of benzene rings is 3. The summed E-state index contributed by atoms with van der Waals surface area (Å²) in [6.45, 7) is 0. The average Bonchev–Trinajstić information content (AvgIpc) is 2.69. The first-order chi connectivity index (χ1) is 12.3. The van der Waals surface area contributed by atoms with E-state index in [4.69, 9.17) is 9.72 Å². The number of pyridine rings is 1. The minimum atomic E-state index is 0.857. The molecule has 0 aliphatic carbocycles. The Kier molecular flexibility index (Phi) is 4.17. The molecule has 0 radical (unpaired) electrons. The Morgan fingerprint density at radius 1 is 0.800 bits per heavy atom. The molecule has 0 aliphatic heterocycles. The van der Waals surface area contributed by atoms with Crippen molar-refractivity contribution in [2.45, 2.75) is 6.42 Å². The second-order valence-electron chi connectivity index (χ2n) is 6.08. The minimum Gasteiger partial charge on any atom is -0.497 e. The van der Waals surface area contributed by atoms with Crippen LogP contribution in [0.3, 0.4) is 0 Å². The van der Waals surface area contributed by atoms with Crippen LogP contribution in [0.2, 0.25) is 0 Å². The first kappa shape index (κ1) is 15.4. The smallest absolute Gasteiger partial charge is 0.119 e. The monoisotopic (exact) mass is 325 g/mol. The van der Waals surface area contributed by atoms with Gasteiger partial charge >= 0.3 is 0 Å². The topological polar surface area (TPSA) is 22.1 Å². The predicted molar refractivity (Wildman–Crippen MR) is 103 cm³/mol. The van der Waals surface area contributed by atoms with Crippen molar-refractivity contribution in [3.8, 4) is 17.0 Å². The van der Waals surface area contributed by atoms with Gasteiger partial charge in [0.05, 0.1) is 18.3 Å². The molecule has 0 fully saturated rings. The summed E-state index contributed by atoms with van der Waals surface area (Å²) >= 11 is 0. The lowest BCUT2D eigenvalue weighted by Gasteiger charge is -2.11. The molecular weight excluding hydrogens is 306 g/mol. The van der Waals surface area contributed by atoms with Crippen LogP contribution in [-0.2, 0) is 6.42 Å². The van der Waals surface area contributed by atoms with Crippen molar-refractivity contribution in [2.24, 2.45) is 0 Å². The second kappa shape index (κ2) is 6.78. The van der Waals surface area contributed by atoms with Crippen molar-refractivity contribution in [3.05, 3.63) is 96.1 Å². The van der Waals surface area contributed by atoms with Gasteiger partial charge < -0.3 is 4.74 Å². The molecule has 1 heterocycles. The lowest BCUT2D eigenvalue weighted by Crippen LogP contribution is -1.95. The number of fused-ring (bicyclic) bond motifs is 1. The zero-order valence-electron chi connectivity index (χ0n) is 14.1. The fourth-order valence-corrected chi connectivity index (χ4v) is 3.12. The van der Waals surface area contributed by atoms with Crippen molar-refractivity contribution >= 4 is 10.9 Å². The number of hydrogen-bond acceptors (Lipinski definition) is 2. The SMILES string of the molecule is COc1ccc2nc(-c3ccccc3)cc(Cc3ccccc3)c2c1. The zero-order valence-corrected chi connectivity index (χ0v) is 14.1. The highest BCUT2D eigenvalue weighted by atomic mass is 16.5. The van der Waals surface area contributed by atoms with E-state index >= 15 is 0 Å². The molecule has 0 saturated heterocycles. The van der Waals surface area contributed by atoms with Gasteiger partial charge in [0.25, 0.3) is 0 Å². The van der Waals surface area contributed by atoms with Crippen LogP contribution in [0.15, 0.2) is 84.9 Å². The maximum atomic E-state index is 5.41. The summed E-state index contributed by atoms with van der Waals surface area (Å²) < 4.78 is 5.41.